The molecule has 0 bridgehead atoms. The zero-order valence-electron chi connectivity index (χ0n) is 10.5. The van der Waals surface area contributed by atoms with Gasteiger partial charge in [0.25, 0.3) is 0 Å². The third kappa shape index (κ3) is 6.38. The lowest BCUT2D eigenvalue weighted by atomic mass is 9.96. The summed E-state index contributed by atoms with van der Waals surface area (Å²) in [6, 6.07) is 0.188. The zero-order valence-corrected chi connectivity index (χ0v) is 11.3. The first-order valence-corrected chi connectivity index (χ1v) is 6.37. The molecule has 0 aromatic carbocycles. The van der Waals surface area contributed by atoms with Gasteiger partial charge in [-0.2, -0.15) is 5.10 Å². The molecule has 0 fully saturated rings. The maximum absolute atomic E-state index is 5.11. The number of methoxy groups -OCH3 is 1. The molecule has 0 spiro atoms. The van der Waals surface area contributed by atoms with E-state index < -0.39 is 0 Å². The first kappa shape index (κ1) is 14.1. The van der Waals surface area contributed by atoms with Crippen molar-refractivity contribution in [3.05, 3.63) is 12.2 Å². The Balaban J connectivity index is 2.18. The van der Waals surface area contributed by atoms with Crippen molar-refractivity contribution in [1.82, 2.24) is 10.7 Å². The van der Waals surface area contributed by atoms with Crippen LogP contribution < -0.4 is 10.7 Å². The molecule has 0 aliphatic heterocycles. The molecule has 1 rings (SSSR count). The lowest BCUT2D eigenvalue weighted by Crippen LogP contribution is -2.40. The first-order chi connectivity index (χ1) is 8.22. The van der Waals surface area contributed by atoms with Crippen molar-refractivity contribution in [2.24, 2.45) is 11.0 Å². The molecule has 0 saturated carbocycles. The quantitative estimate of drug-likeness (QED) is 0.340. The fraction of sp³-hybridized carbons (Fsp3) is 0.667. The molecule has 2 N–H and O–H groups in total. The summed E-state index contributed by atoms with van der Waals surface area (Å²) in [6.45, 7) is 2.63. The van der Waals surface area contributed by atoms with E-state index >= 15 is 0 Å². The molecule has 0 radical (unpaired) electrons. The number of ether oxygens (including phenoxy) is 1. The largest absolute Gasteiger partial charge is 0.383 e. The minimum atomic E-state index is 0.188. The van der Waals surface area contributed by atoms with Gasteiger partial charge in [0.1, 0.15) is 0 Å². The van der Waals surface area contributed by atoms with E-state index in [0.717, 1.165) is 12.8 Å². The highest BCUT2D eigenvalue weighted by Gasteiger charge is 2.06. The highest BCUT2D eigenvalue weighted by atomic mass is 32.1. The maximum Gasteiger partial charge on any atom is 0.187 e. The van der Waals surface area contributed by atoms with Crippen LogP contribution in [0.15, 0.2) is 17.3 Å². The lowest BCUT2D eigenvalue weighted by molar-refractivity contribution is 0.179. The second-order valence-electron chi connectivity index (χ2n) is 4.26. The molecule has 0 heterocycles. The Morgan fingerprint density at radius 1 is 1.65 bits per heavy atom. The van der Waals surface area contributed by atoms with Crippen LogP contribution in [0.3, 0.4) is 0 Å². The van der Waals surface area contributed by atoms with E-state index in [4.69, 9.17) is 17.0 Å². The van der Waals surface area contributed by atoms with Crippen LogP contribution in [0.5, 0.6) is 0 Å². The van der Waals surface area contributed by atoms with Crippen molar-refractivity contribution >= 4 is 23.5 Å². The molecule has 4 nitrogen and oxygen atoms in total. The summed E-state index contributed by atoms with van der Waals surface area (Å²) in [6.07, 6.45) is 9.75. The average molecular weight is 255 g/mol. The van der Waals surface area contributed by atoms with Crippen molar-refractivity contribution in [2.45, 2.75) is 32.2 Å². The van der Waals surface area contributed by atoms with Crippen LogP contribution in [0.2, 0.25) is 0 Å². The van der Waals surface area contributed by atoms with Crippen LogP contribution in [0, 0.1) is 5.92 Å². The van der Waals surface area contributed by atoms with Crippen molar-refractivity contribution in [2.75, 3.05) is 13.7 Å². The number of hydrazone groups is 1. The SMILES string of the molecule is COC[C@@H](C)NC(=S)N/N=C\[C@@H]1CC=CCC1. The van der Waals surface area contributed by atoms with Crippen molar-refractivity contribution in [3.8, 4) is 0 Å². The summed E-state index contributed by atoms with van der Waals surface area (Å²) >= 11 is 5.11. The van der Waals surface area contributed by atoms with E-state index in [-0.39, 0.29) is 6.04 Å². The molecule has 5 heteroatoms. The van der Waals surface area contributed by atoms with Crippen LogP contribution in [-0.2, 0) is 4.74 Å². The van der Waals surface area contributed by atoms with Gasteiger partial charge in [0.15, 0.2) is 5.11 Å². The topological polar surface area (TPSA) is 45.6 Å². The van der Waals surface area contributed by atoms with Gasteiger partial charge in [-0.05, 0) is 44.3 Å². The number of hydrogen-bond acceptors (Lipinski definition) is 3. The Kier molecular flexibility index (Phi) is 6.81. The van der Waals surface area contributed by atoms with Gasteiger partial charge < -0.3 is 10.1 Å². The lowest BCUT2D eigenvalue weighted by Gasteiger charge is -2.15. The van der Waals surface area contributed by atoms with Gasteiger partial charge in [-0.3, -0.25) is 5.43 Å². The van der Waals surface area contributed by atoms with Crippen LogP contribution in [0.25, 0.3) is 0 Å². The predicted octanol–water partition coefficient (Wildman–Crippen LogP) is 1.83. The summed E-state index contributed by atoms with van der Waals surface area (Å²) in [5.41, 5.74) is 2.83. The van der Waals surface area contributed by atoms with E-state index in [1.54, 1.807) is 7.11 Å². The number of hydrogen-bond donors (Lipinski definition) is 2. The van der Waals surface area contributed by atoms with Crippen molar-refractivity contribution in [3.63, 3.8) is 0 Å². The molecule has 17 heavy (non-hydrogen) atoms. The summed E-state index contributed by atoms with van der Waals surface area (Å²) in [4.78, 5) is 0. The summed E-state index contributed by atoms with van der Waals surface area (Å²) < 4.78 is 5.01. The number of nitrogens with one attached hydrogen (secondary N) is 2. The van der Waals surface area contributed by atoms with Gasteiger partial charge in [-0.15, -0.1) is 0 Å². The molecule has 2 atom stereocenters. The smallest absolute Gasteiger partial charge is 0.187 e. The minimum Gasteiger partial charge on any atom is -0.383 e. The van der Waals surface area contributed by atoms with Crippen molar-refractivity contribution in [1.29, 1.82) is 0 Å². The Bertz CT molecular complexity index is 291. The fourth-order valence-electron chi connectivity index (χ4n) is 1.70. The number of thiocarbonyl (C=S) groups is 1. The summed E-state index contributed by atoms with van der Waals surface area (Å²) in [5.74, 6) is 0.534. The molecule has 1 aliphatic carbocycles. The Morgan fingerprint density at radius 3 is 3.12 bits per heavy atom. The monoisotopic (exact) mass is 255 g/mol. The molecule has 0 aromatic heterocycles. The normalized spacial score (nSPS) is 21.4. The van der Waals surface area contributed by atoms with Crippen LogP contribution in [0.1, 0.15) is 26.2 Å². The van der Waals surface area contributed by atoms with Crippen molar-refractivity contribution < 1.29 is 4.74 Å². The Labute approximate surface area is 108 Å². The van der Waals surface area contributed by atoms with Crippen LogP contribution in [0.4, 0.5) is 0 Å². The van der Waals surface area contributed by atoms with E-state index in [9.17, 15) is 0 Å². The zero-order chi connectivity index (χ0) is 12.5. The Morgan fingerprint density at radius 2 is 2.47 bits per heavy atom. The van der Waals surface area contributed by atoms with Gasteiger partial charge in [0, 0.05) is 19.4 Å². The molecule has 96 valence electrons. The number of nitrogens with zero attached hydrogens (tertiary/aromatic N) is 1. The maximum atomic E-state index is 5.11. The molecule has 0 aromatic rings. The van der Waals surface area contributed by atoms with E-state index in [0.29, 0.717) is 17.6 Å². The third-order valence-corrected chi connectivity index (χ3v) is 2.76. The second kappa shape index (κ2) is 8.20. The van der Waals surface area contributed by atoms with Crippen LogP contribution >= 0.6 is 12.2 Å². The predicted molar refractivity (Wildman–Crippen MR) is 75.2 cm³/mol. The third-order valence-electron chi connectivity index (χ3n) is 2.56. The van der Waals surface area contributed by atoms with Gasteiger partial charge in [-0.1, -0.05) is 12.2 Å². The van der Waals surface area contributed by atoms with Gasteiger partial charge >= 0.3 is 0 Å². The average Bonchev–Trinajstić information content (AvgIpc) is 2.30. The highest BCUT2D eigenvalue weighted by molar-refractivity contribution is 7.80. The first-order valence-electron chi connectivity index (χ1n) is 5.96. The van der Waals surface area contributed by atoms with E-state index in [1.807, 2.05) is 13.1 Å². The number of allylic oxidation sites excluding steroid dienone is 2. The standard InChI is InChI=1S/C12H21N3OS/c1-10(9-16-2)14-12(17)15-13-8-11-6-4-3-5-7-11/h3-4,8,10-11H,5-7,9H2,1-2H3,(H2,14,15,17)/b13-8-/t10-,11-/m1/s1. The molecule has 0 unspecified atom stereocenters. The molecular formula is C12H21N3OS. The van der Waals surface area contributed by atoms with Gasteiger partial charge in [-0.25, -0.2) is 0 Å². The fourth-order valence-corrected chi connectivity index (χ4v) is 1.96. The van der Waals surface area contributed by atoms with E-state index in [2.05, 4.69) is 28.0 Å². The minimum absolute atomic E-state index is 0.188. The van der Waals surface area contributed by atoms with Crippen LogP contribution in [-0.4, -0.2) is 31.1 Å². The highest BCUT2D eigenvalue weighted by Crippen LogP contribution is 2.15. The molecule has 1 aliphatic rings. The van der Waals surface area contributed by atoms with Gasteiger partial charge in [0.2, 0.25) is 0 Å². The second-order valence-corrected chi connectivity index (χ2v) is 4.67. The van der Waals surface area contributed by atoms with Gasteiger partial charge in [0.05, 0.1) is 6.61 Å². The molecule has 0 amide bonds. The molecule has 0 saturated heterocycles. The Hall–Kier alpha value is -0.940. The number of rotatable bonds is 5. The summed E-state index contributed by atoms with van der Waals surface area (Å²) in [7, 11) is 1.67. The van der Waals surface area contributed by atoms with E-state index in [1.165, 1.54) is 6.42 Å². The summed E-state index contributed by atoms with van der Waals surface area (Å²) in [5, 5.41) is 7.78. The molecular weight excluding hydrogens is 234 g/mol.